The molecule has 3 rings (SSSR count). The van der Waals surface area contributed by atoms with Gasteiger partial charge >= 0.3 is 0 Å². The van der Waals surface area contributed by atoms with Crippen molar-refractivity contribution in [2.24, 2.45) is 5.73 Å². The molecule has 5 nitrogen and oxygen atoms in total. The van der Waals surface area contributed by atoms with Crippen LogP contribution in [0.4, 0.5) is 0 Å². The van der Waals surface area contributed by atoms with Crippen molar-refractivity contribution in [3.8, 4) is 5.75 Å². The molecule has 0 aliphatic carbocycles. The van der Waals surface area contributed by atoms with Crippen molar-refractivity contribution in [2.45, 2.75) is 18.9 Å². The van der Waals surface area contributed by atoms with Crippen LogP contribution in [0.3, 0.4) is 0 Å². The molecule has 1 aromatic heterocycles. The highest BCUT2D eigenvalue weighted by Crippen LogP contribution is 2.28. The number of nitrogens with two attached hydrogens (primary N) is 1. The number of pyridine rings is 1. The third kappa shape index (κ3) is 2.44. The van der Waals surface area contributed by atoms with E-state index in [1.165, 1.54) is 0 Å². The summed E-state index contributed by atoms with van der Waals surface area (Å²) in [5.74, 6) is 0.587. The predicted molar refractivity (Wildman–Crippen MR) is 77.2 cm³/mol. The minimum absolute atomic E-state index is 0.0365. The molecule has 2 heterocycles. The molecule has 20 heavy (non-hydrogen) atoms. The lowest BCUT2D eigenvalue weighted by molar-refractivity contribution is 0.0684. The molecular formula is C15H17N3O2. The van der Waals surface area contributed by atoms with Crippen LogP contribution in [0.2, 0.25) is 0 Å². The Bertz CT molecular complexity index is 636. The first-order valence-electron chi connectivity index (χ1n) is 6.72. The molecule has 2 aromatic rings. The van der Waals surface area contributed by atoms with Crippen LogP contribution < -0.4 is 10.5 Å². The maximum absolute atomic E-state index is 7.67. The zero-order valence-corrected chi connectivity index (χ0v) is 11.1. The Hall–Kier alpha value is -2.14. The molecule has 1 unspecified atom stereocenters. The van der Waals surface area contributed by atoms with Crippen LogP contribution in [0.25, 0.3) is 10.9 Å². The fourth-order valence-corrected chi connectivity index (χ4v) is 2.42. The normalized spacial score (nSPS) is 18.3. The molecule has 1 saturated heterocycles. The molecule has 0 radical (unpaired) electrons. The monoisotopic (exact) mass is 271 g/mol. The largest absolute Gasteiger partial charge is 0.489 e. The number of aromatic nitrogens is 1. The van der Waals surface area contributed by atoms with Crippen LogP contribution >= 0.6 is 0 Å². The van der Waals surface area contributed by atoms with Crippen LogP contribution in [0, 0.1) is 5.41 Å². The van der Waals surface area contributed by atoms with Gasteiger partial charge in [0.05, 0.1) is 17.2 Å². The summed E-state index contributed by atoms with van der Waals surface area (Å²) in [6.07, 6.45) is 3.81. The number of nitrogens with one attached hydrogen (secondary N) is 1. The van der Waals surface area contributed by atoms with Crippen LogP contribution in [0.1, 0.15) is 18.4 Å². The number of nitrogen functional groups attached to an aromatic ring is 1. The second-order valence-electron chi connectivity index (χ2n) is 4.88. The van der Waals surface area contributed by atoms with Crippen LogP contribution in [0.15, 0.2) is 30.5 Å². The SMILES string of the molecule is N=C(N)c1cnc2ccccc2c1OCC1CCCO1. The van der Waals surface area contributed by atoms with E-state index < -0.39 is 0 Å². The van der Waals surface area contributed by atoms with Gasteiger partial charge in [0.15, 0.2) is 0 Å². The lowest BCUT2D eigenvalue weighted by atomic mass is 10.1. The van der Waals surface area contributed by atoms with E-state index in [0.717, 1.165) is 30.4 Å². The zero-order chi connectivity index (χ0) is 13.9. The predicted octanol–water partition coefficient (Wildman–Crippen LogP) is 2.08. The topological polar surface area (TPSA) is 81.2 Å². The van der Waals surface area contributed by atoms with Crippen molar-refractivity contribution in [3.05, 3.63) is 36.0 Å². The number of nitrogens with zero attached hydrogens (tertiary/aromatic N) is 1. The molecule has 5 heteroatoms. The van der Waals surface area contributed by atoms with Gasteiger partial charge in [0, 0.05) is 18.2 Å². The van der Waals surface area contributed by atoms with E-state index >= 15 is 0 Å². The molecule has 0 bridgehead atoms. The Balaban J connectivity index is 1.96. The van der Waals surface area contributed by atoms with E-state index in [-0.39, 0.29) is 11.9 Å². The first-order chi connectivity index (χ1) is 9.75. The third-order valence-electron chi connectivity index (χ3n) is 3.45. The number of fused-ring (bicyclic) bond motifs is 1. The third-order valence-corrected chi connectivity index (χ3v) is 3.45. The lowest BCUT2D eigenvalue weighted by Crippen LogP contribution is -2.19. The lowest BCUT2D eigenvalue weighted by Gasteiger charge is -2.15. The Morgan fingerprint density at radius 3 is 3.05 bits per heavy atom. The summed E-state index contributed by atoms with van der Waals surface area (Å²) in [7, 11) is 0. The molecule has 104 valence electrons. The van der Waals surface area contributed by atoms with E-state index in [9.17, 15) is 0 Å². The highest BCUT2D eigenvalue weighted by molar-refractivity contribution is 6.02. The van der Waals surface area contributed by atoms with Gasteiger partial charge in [0.1, 0.15) is 18.2 Å². The van der Waals surface area contributed by atoms with E-state index in [4.69, 9.17) is 20.6 Å². The second-order valence-corrected chi connectivity index (χ2v) is 4.88. The Morgan fingerprint density at radius 1 is 1.45 bits per heavy atom. The van der Waals surface area contributed by atoms with Gasteiger partial charge in [-0.25, -0.2) is 0 Å². The van der Waals surface area contributed by atoms with E-state index in [2.05, 4.69) is 4.98 Å². The summed E-state index contributed by atoms with van der Waals surface area (Å²) in [6.45, 7) is 1.28. The quantitative estimate of drug-likeness (QED) is 0.659. The first kappa shape index (κ1) is 12.9. The van der Waals surface area contributed by atoms with Crippen molar-refractivity contribution in [1.29, 1.82) is 5.41 Å². The van der Waals surface area contributed by atoms with Crippen LogP contribution in [-0.2, 0) is 4.74 Å². The van der Waals surface area contributed by atoms with Crippen molar-refractivity contribution in [1.82, 2.24) is 4.98 Å². The van der Waals surface area contributed by atoms with Gasteiger partial charge in [0.2, 0.25) is 0 Å². The molecule has 0 saturated carbocycles. The standard InChI is InChI=1S/C15H17N3O2/c16-15(17)12-8-18-13-6-2-1-5-11(13)14(12)20-9-10-4-3-7-19-10/h1-2,5-6,8,10H,3-4,7,9H2,(H3,16,17). The highest BCUT2D eigenvalue weighted by Gasteiger charge is 2.18. The average molecular weight is 271 g/mol. The number of ether oxygens (including phenoxy) is 2. The van der Waals surface area contributed by atoms with Gasteiger partial charge in [-0.1, -0.05) is 12.1 Å². The Morgan fingerprint density at radius 2 is 2.30 bits per heavy atom. The summed E-state index contributed by atoms with van der Waals surface area (Å²) in [5, 5.41) is 8.54. The summed E-state index contributed by atoms with van der Waals surface area (Å²) < 4.78 is 11.5. The van der Waals surface area contributed by atoms with Gasteiger partial charge in [-0.05, 0) is 25.0 Å². The van der Waals surface area contributed by atoms with Crippen molar-refractivity contribution in [2.75, 3.05) is 13.2 Å². The number of benzene rings is 1. The molecule has 1 atom stereocenters. The summed E-state index contributed by atoms with van der Waals surface area (Å²) in [4.78, 5) is 4.31. The fourth-order valence-electron chi connectivity index (χ4n) is 2.42. The summed E-state index contributed by atoms with van der Waals surface area (Å²) >= 11 is 0. The molecule has 1 aromatic carbocycles. The first-order valence-corrected chi connectivity index (χ1v) is 6.72. The maximum Gasteiger partial charge on any atom is 0.141 e. The average Bonchev–Trinajstić information content (AvgIpc) is 2.97. The van der Waals surface area contributed by atoms with Gasteiger partial charge in [-0.3, -0.25) is 10.4 Å². The molecule has 3 N–H and O–H groups in total. The van der Waals surface area contributed by atoms with E-state index in [1.54, 1.807) is 6.20 Å². The molecule has 0 amide bonds. The van der Waals surface area contributed by atoms with Crippen LogP contribution in [-0.4, -0.2) is 30.1 Å². The van der Waals surface area contributed by atoms with Crippen molar-refractivity contribution >= 4 is 16.7 Å². The number of para-hydroxylation sites is 1. The van der Waals surface area contributed by atoms with Gasteiger partial charge in [-0.15, -0.1) is 0 Å². The zero-order valence-electron chi connectivity index (χ0n) is 11.1. The molecule has 1 aliphatic heterocycles. The Labute approximate surface area is 117 Å². The number of hydrogen-bond donors (Lipinski definition) is 2. The van der Waals surface area contributed by atoms with E-state index in [0.29, 0.717) is 17.9 Å². The highest BCUT2D eigenvalue weighted by atomic mass is 16.5. The second kappa shape index (κ2) is 5.46. The summed E-state index contributed by atoms with van der Waals surface area (Å²) in [5.41, 5.74) is 6.98. The number of hydrogen-bond acceptors (Lipinski definition) is 4. The minimum Gasteiger partial charge on any atom is -0.489 e. The smallest absolute Gasteiger partial charge is 0.141 e. The maximum atomic E-state index is 7.67. The molecule has 1 fully saturated rings. The molecular weight excluding hydrogens is 254 g/mol. The Kier molecular flexibility index (Phi) is 3.52. The van der Waals surface area contributed by atoms with E-state index in [1.807, 2.05) is 24.3 Å². The minimum atomic E-state index is -0.0365. The van der Waals surface area contributed by atoms with Crippen molar-refractivity contribution in [3.63, 3.8) is 0 Å². The fraction of sp³-hybridized carbons (Fsp3) is 0.333. The van der Waals surface area contributed by atoms with Gasteiger partial charge in [0.25, 0.3) is 0 Å². The summed E-state index contributed by atoms with van der Waals surface area (Å²) in [6, 6.07) is 7.69. The van der Waals surface area contributed by atoms with Gasteiger partial charge in [-0.2, -0.15) is 0 Å². The molecule has 0 spiro atoms. The van der Waals surface area contributed by atoms with Gasteiger partial charge < -0.3 is 15.2 Å². The number of rotatable bonds is 4. The van der Waals surface area contributed by atoms with Crippen molar-refractivity contribution < 1.29 is 9.47 Å². The number of amidine groups is 1. The van der Waals surface area contributed by atoms with Crippen LogP contribution in [0.5, 0.6) is 5.75 Å². The molecule has 1 aliphatic rings.